The number of hydrogen-bond acceptors (Lipinski definition) is 6. The zero-order valence-corrected chi connectivity index (χ0v) is 12.7. The van der Waals surface area contributed by atoms with E-state index in [0.29, 0.717) is 36.7 Å². The highest BCUT2D eigenvalue weighted by Gasteiger charge is 2.27. The Morgan fingerprint density at radius 1 is 1.57 bits per heavy atom. The van der Waals surface area contributed by atoms with Crippen molar-refractivity contribution in [2.45, 2.75) is 30.0 Å². The topological polar surface area (TPSA) is 113 Å². The average Bonchev–Trinajstić information content (AvgIpc) is 2.53. The van der Waals surface area contributed by atoms with Gasteiger partial charge in [0.15, 0.2) is 5.16 Å². The molecule has 1 aliphatic heterocycles. The maximum atomic E-state index is 11.0. The molecule has 4 N–H and O–H groups in total. The zero-order valence-electron chi connectivity index (χ0n) is 11.9. The summed E-state index contributed by atoms with van der Waals surface area (Å²) in [7, 11) is 0. The number of carboxylic acid groups (broad SMARTS) is 1. The van der Waals surface area contributed by atoms with E-state index in [0.717, 1.165) is 5.69 Å². The largest absolute Gasteiger partial charge is 0.465 e. The van der Waals surface area contributed by atoms with Crippen molar-refractivity contribution in [1.82, 2.24) is 14.9 Å². The number of likely N-dealkylation sites (tertiary alicyclic amines) is 1. The van der Waals surface area contributed by atoms with Crippen molar-refractivity contribution in [3.8, 4) is 0 Å². The minimum Gasteiger partial charge on any atom is -0.465 e. The molecular weight excluding hydrogens is 292 g/mol. The van der Waals surface area contributed by atoms with Gasteiger partial charge >= 0.3 is 6.09 Å². The van der Waals surface area contributed by atoms with Crippen molar-refractivity contribution in [1.29, 1.82) is 0 Å². The maximum Gasteiger partial charge on any atom is 0.407 e. The summed E-state index contributed by atoms with van der Waals surface area (Å²) in [6.07, 6.45) is 3.25. The van der Waals surface area contributed by atoms with Crippen molar-refractivity contribution in [2.75, 3.05) is 25.9 Å². The molecule has 0 radical (unpaired) electrons. The molecule has 0 aromatic carbocycles. The van der Waals surface area contributed by atoms with Crippen LogP contribution in [0.25, 0.3) is 0 Å². The molecule has 0 saturated carbocycles. The normalized spacial score (nSPS) is 17.8. The van der Waals surface area contributed by atoms with Crippen LogP contribution in [0.3, 0.4) is 0 Å². The molecular formula is C13H20N4O3S. The molecule has 1 atom stereocenters. The lowest BCUT2D eigenvalue weighted by atomic mass is 9.89. The number of thioether (sulfide) groups is 1. The monoisotopic (exact) mass is 312 g/mol. The number of piperidine rings is 1. The highest BCUT2D eigenvalue weighted by atomic mass is 32.2. The molecule has 1 aliphatic rings. The zero-order chi connectivity index (χ0) is 15.4. The smallest absolute Gasteiger partial charge is 0.407 e. The van der Waals surface area contributed by atoms with E-state index in [1.54, 1.807) is 6.20 Å². The van der Waals surface area contributed by atoms with E-state index in [1.807, 2.05) is 6.26 Å². The quantitative estimate of drug-likeness (QED) is 0.562. The summed E-state index contributed by atoms with van der Waals surface area (Å²) in [4.78, 5) is 21.1. The number of hydrogen-bond donors (Lipinski definition) is 3. The molecule has 1 amide bonds. The number of aromatic nitrogens is 2. The molecule has 1 unspecified atom stereocenters. The minimum atomic E-state index is -0.886. The maximum absolute atomic E-state index is 11.0. The van der Waals surface area contributed by atoms with E-state index in [4.69, 9.17) is 10.8 Å². The third-order valence-electron chi connectivity index (χ3n) is 3.74. The Kier molecular flexibility index (Phi) is 5.38. The number of nitrogens with zero attached hydrogens (tertiary/aromatic N) is 3. The van der Waals surface area contributed by atoms with Crippen molar-refractivity contribution in [3.05, 3.63) is 17.5 Å². The summed E-state index contributed by atoms with van der Waals surface area (Å²) < 4.78 is 0. The first-order valence-corrected chi connectivity index (χ1v) is 8.06. The predicted octanol–water partition coefficient (Wildman–Crippen LogP) is 1.05. The van der Waals surface area contributed by atoms with Crippen LogP contribution in [0.2, 0.25) is 0 Å². The van der Waals surface area contributed by atoms with Gasteiger partial charge in [0.25, 0.3) is 0 Å². The number of aliphatic hydroxyl groups is 1. The summed E-state index contributed by atoms with van der Waals surface area (Å²) >= 11 is 1.44. The molecule has 116 valence electrons. The fourth-order valence-corrected chi connectivity index (χ4v) is 2.89. The molecule has 0 spiro atoms. The van der Waals surface area contributed by atoms with Crippen LogP contribution < -0.4 is 5.73 Å². The minimum absolute atomic E-state index is 0.114. The Balaban J connectivity index is 2.23. The molecule has 8 heteroatoms. The van der Waals surface area contributed by atoms with Gasteiger partial charge in [0.2, 0.25) is 0 Å². The first-order chi connectivity index (χ1) is 10.1. The predicted molar refractivity (Wildman–Crippen MR) is 79.4 cm³/mol. The lowest BCUT2D eigenvalue weighted by Crippen LogP contribution is -2.37. The van der Waals surface area contributed by atoms with Crippen LogP contribution in [0.1, 0.15) is 36.1 Å². The molecule has 0 aliphatic carbocycles. The summed E-state index contributed by atoms with van der Waals surface area (Å²) in [5, 5.41) is 19.7. The highest BCUT2D eigenvalue weighted by molar-refractivity contribution is 7.98. The van der Waals surface area contributed by atoms with Crippen LogP contribution in [0.4, 0.5) is 4.79 Å². The number of aliphatic hydroxyl groups excluding tert-OH is 1. The van der Waals surface area contributed by atoms with Gasteiger partial charge in [0, 0.05) is 37.3 Å². The van der Waals surface area contributed by atoms with Crippen molar-refractivity contribution in [2.24, 2.45) is 5.73 Å². The average molecular weight is 312 g/mol. The third kappa shape index (κ3) is 3.63. The van der Waals surface area contributed by atoms with E-state index in [9.17, 15) is 9.90 Å². The van der Waals surface area contributed by atoms with Gasteiger partial charge in [-0.1, -0.05) is 11.8 Å². The number of amides is 1. The van der Waals surface area contributed by atoms with Crippen molar-refractivity contribution >= 4 is 17.9 Å². The first kappa shape index (κ1) is 16.0. The number of nitrogens with two attached hydrogens (primary N) is 1. The van der Waals surface area contributed by atoms with Crippen LogP contribution in [0.5, 0.6) is 0 Å². The summed E-state index contributed by atoms with van der Waals surface area (Å²) in [6, 6.07) is 0. The lowest BCUT2D eigenvalue weighted by molar-refractivity contribution is 0.130. The highest BCUT2D eigenvalue weighted by Crippen LogP contribution is 2.32. The fourth-order valence-electron chi connectivity index (χ4n) is 2.54. The standard InChI is InChI=1S/C13H20N4O3S/c1-21-12-15-7-9(10(18)6-14)11(16-12)8-2-4-17(5-3-8)13(19)20/h7-8,10,18H,2-6,14H2,1H3,(H,19,20). The van der Waals surface area contributed by atoms with Gasteiger partial charge in [0.05, 0.1) is 11.8 Å². The van der Waals surface area contributed by atoms with Crippen LogP contribution in [-0.2, 0) is 0 Å². The van der Waals surface area contributed by atoms with Crippen LogP contribution in [0.15, 0.2) is 11.4 Å². The van der Waals surface area contributed by atoms with Gasteiger partial charge in [-0.2, -0.15) is 0 Å². The Labute approximate surface area is 127 Å². The van der Waals surface area contributed by atoms with Crippen molar-refractivity contribution in [3.63, 3.8) is 0 Å². The lowest BCUT2D eigenvalue weighted by Gasteiger charge is -2.31. The second kappa shape index (κ2) is 7.06. The summed E-state index contributed by atoms with van der Waals surface area (Å²) in [5.74, 6) is 0.130. The fraction of sp³-hybridized carbons (Fsp3) is 0.615. The van der Waals surface area contributed by atoms with Crippen molar-refractivity contribution < 1.29 is 15.0 Å². The van der Waals surface area contributed by atoms with Gasteiger partial charge < -0.3 is 20.8 Å². The van der Waals surface area contributed by atoms with E-state index < -0.39 is 12.2 Å². The molecule has 0 bridgehead atoms. The molecule has 1 aromatic heterocycles. The van der Waals surface area contributed by atoms with E-state index >= 15 is 0 Å². The Morgan fingerprint density at radius 2 is 2.24 bits per heavy atom. The Hall–Kier alpha value is -1.38. The Morgan fingerprint density at radius 3 is 2.76 bits per heavy atom. The number of rotatable bonds is 4. The van der Waals surface area contributed by atoms with Gasteiger partial charge in [-0.25, -0.2) is 14.8 Å². The molecule has 1 aromatic rings. The second-order valence-electron chi connectivity index (χ2n) is 4.99. The molecule has 1 saturated heterocycles. The van der Waals surface area contributed by atoms with Gasteiger partial charge in [-0.15, -0.1) is 0 Å². The third-order valence-corrected chi connectivity index (χ3v) is 4.30. The second-order valence-corrected chi connectivity index (χ2v) is 5.77. The van der Waals surface area contributed by atoms with E-state index in [-0.39, 0.29) is 12.5 Å². The molecule has 2 heterocycles. The van der Waals surface area contributed by atoms with Crippen LogP contribution in [-0.4, -0.2) is 57.1 Å². The summed E-state index contributed by atoms with van der Waals surface area (Å²) in [6.45, 7) is 1.08. The van der Waals surface area contributed by atoms with Gasteiger partial charge in [-0.3, -0.25) is 0 Å². The van der Waals surface area contributed by atoms with E-state index in [2.05, 4.69) is 9.97 Å². The number of carbonyl (C=O) groups is 1. The molecule has 1 fully saturated rings. The molecule has 2 rings (SSSR count). The summed E-state index contributed by atoms with van der Waals surface area (Å²) in [5.41, 5.74) is 7.00. The molecule has 21 heavy (non-hydrogen) atoms. The Bertz CT molecular complexity index is 506. The van der Waals surface area contributed by atoms with Gasteiger partial charge in [0.1, 0.15) is 0 Å². The van der Waals surface area contributed by atoms with E-state index in [1.165, 1.54) is 16.7 Å². The first-order valence-electron chi connectivity index (χ1n) is 6.83. The molecule has 7 nitrogen and oxygen atoms in total. The van der Waals surface area contributed by atoms with Gasteiger partial charge in [-0.05, 0) is 19.1 Å². The van der Waals surface area contributed by atoms with Crippen LogP contribution >= 0.6 is 11.8 Å². The SMILES string of the molecule is CSc1ncc(C(O)CN)c(C2CCN(C(=O)O)CC2)n1. The van der Waals surface area contributed by atoms with Crippen LogP contribution in [0, 0.1) is 0 Å².